The first-order valence-corrected chi connectivity index (χ1v) is 9.68. The smallest absolute Gasteiger partial charge is 0.253 e. The average molecular weight is 379 g/mol. The van der Waals surface area contributed by atoms with Crippen LogP contribution in [0.2, 0.25) is 0 Å². The van der Waals surface area contributed by atoms with E-state index in [1.165, 1.54) is 6.39 Å². The summed E-state index contributed by atoms with van der Waals surface area (Å²) in [6, 6.07) is 7.80. The molecule has 3 aromatic rings. The van der Waals surface area contributed by atoms with Crippen LogP contribution in [0.1, 0.15) is 30.0 Å². The van der Waals surface area contributed by atoms with Crippen molar-refractivity contribution < 1.29 is 9.21 Å². The molecule has 4 rings (SSSR count). The monoisotopic (exact) mass is 379 g/mol. The van der Waals surface area contributed by atoms with Crippen molar-refractivity contribution in [3.63, 3.8) is 0 Å². The minimum absolute atomic E-state index is 0.0747. The highest BCUT2D eigenvalue weighted by molar-refractivity contribution is 5.94. The van der Waals surface area contributed by atoms with Crippen molar-refractivity contribution in [1.29, 1.82) is 0 Å². The third-order valence-corrected chi connectivity index (χ3v) is 5.39. The summed E-state index contributed by atoms with van der Waals surface area (Å²) < 4.78 is 7.47. The van der Waals surface area contributed by atoms with E-state index in [0.717, 1.165) is 44.1 Å². The SMILES string of the molecule is CCn1ccnc1CN1CCN(C(=O)c2ccc(-c3cnco3)cc2)CC1C. The lowest BCUT2D eigenvalue weighted by Gasteiger charge is -2.39. The molecule has 3 heterocycles. The van der Waals surface area contributed by atoms with Gasteiger partial charge in [0, 0.05) is 55.7 Å². The fourth-order valence-electron chi connectivity index (χ4n) is 3.69. The van der Waals surface area contributed by atoms with E-state index in [0.29, 0.717) is 11.3 Å². The van der Waals surface area contributed by atoms with Gasteiger partial charge in [-0.1, -0.05) is 12.1 Å². The van der Waals surface area contributed by atoms with E-state index in [1.54, 1.807) is 6.20 Å². The number of carbonyl (C=O) groups is 1. The molecule has 1 atom stereocenters. The number of aromatic nitrogens is 3. The van der Waals surface area contributed by atoms with E-state index in [9.17, 15) is 4.79 Å². The fourth-order valence-corrected chi connectivity index (χ4v) is 3.69. The zero-order valence-corrected chi connectivity index (χ0v) is 16.3. The molecule has 1 aliphatic rings. The summed E-state index contributed by atoms with van der Waals surface area (Å²) in [7, 11) is 0. The van der Waals surface area contributed by atoms with Crippen LogP contribution in [-0.4, -0.2) is 55.9 Å². The third-order valence-electron chi connectivity index (χ3n) is 5.39. The Hall–Kier alpha value is -2.93. The van der Waals surface area contributed by atoms with E-state index in [4.69, 9.17) is 4.42 Å². The molecule has 1 unspecified atom stereocenters. The van der Waals surface area contributed by atoms with Gasteiger partial charge in [0.05, 0.1) is 12.7 Å². The quantitative estimate of drug-likeness (QED) is 0.682. The zero-order chi connectivity index (χ0) is 19.5. The number of carbonyl (C=O) groups excluding carboxylic acids is 1. The van der Waals surface area contributed by atoms with Crippen molar-refractivity contribution in [2.45, 2.75) is 33.0 Å². The van der Waals surface area contributed by atoms with Crippen LogP contribution in [0, 0.1) is 0 Å². The van der Waals surface area contributed by atoms with Crippen LogP contribution < -0.4 is 0 Å². The summed E-state index contributed by atoms with van der Waals surface area (Å²) >= 11 is 0. The summed E-state index contributed by atoms with van der Waals surface area (Å²) in [6.45, 7) is 8.32. The largest absolute Gasteiger partial charge is 0.444 e. The number of hydrogen-bond acceptors (Lipinski definition) is 5. The van der Waals surface area contributed by atoms with Crippen LogP contribution in [0.4, 0.5) is 0 Å². The molecule has 0 saturated carbocycles. The summed E-state index contributed by atoms with van der Waals surface area (Å²) in [5, 5.41) is 0. The second kappa shape index (κ2) is 7.98. The number of oxazole rings is 1. The number of rotatable bonds is 5. The first kappa shape index (κ1) is 18.4. The minimum Gasteiger partial charge on any atom is -0.444 e. The van der Waals surface area contributed by atoms with Crippen molar-refractivity contribution in [3.05, 3.63) is 60.6 Å². The first-order chi connectivity index (χ1) is 13.7. The first-order valence-electron chi connectivity index (χ1n) is 9.68. The summed E-state index contributed by atoms with van der Waals surface area (Å²) in [5.41, 5.74) is 1.61. The number of nitrogens with zero attached hydrogens (tertiary/aromatic N) is 5. The number of amides is 1. The lowest BCUT2D eigenvalue weighted by atomic mass is 10.1. The molecule has 0 spiro atoms. The van der Waals surface area contributed by atoms with Gasteiger partial charge in [0.25, 0.3) is 5.91 Å². The number of imidazole rings is 1. The molecular weight excluding hydrogens is 354 g/mol. The number of benzene rings is 1. The maximum atomic E-state index is 12.9. The lowest BCUT2D eigenvalue weighted by molar-refractivity contribution is 0.0486. The molecular formula is C21H25N5O2. The van der Waals surface area contributed by atoms with Crippen LogP contribution in [0.15, 0.2) is 53.7 Å². The molecule has 1 fully saturated rings. The van der Waals surface area contributed by atoms with Crippen molar-refractivity contribution in [2.75, 3.05) is 19.6 Å². The van der Waals surface area contributed by atoms with E-state index < -0.39 is 0 Å². The Morgan fingerprint density at radius 3 is 2.75 bits per heavy atom. The molecule has 0 N–H and O–H groups in total. The van der Waals surface area contributed by atoms with Gasteiger partial charge in [0.2, 0.25) is 0 Å². The Labute approximate surface area is 164 Å². The van der Waals surface area contributed by atoms with Crippen LogP contribution in [0.25, 0.3) is 11.3 Å². The van der Waals surface area contributed by atoms with Crippen molar-refractivity contribution in [2.24, 2.45) is 0 Å². The molecule has 0 aliphatic carbocycles. The summed E-state index contributed by atoms with van der Waals surface area (Å²) in [5.74, 6) is 1.86. The van der Waals surface area contributed by atoms with E-state index in [1.807, 2.05) is 41.6 Å². The maximum absolute atomic E-state index is 12.9. The second-order valence-corrected chi connectivity index (χ2v) is 7.14. The second-order valence-electron chi connectivity index (χ2n) is 7.14. The highest BCUT2D eigenvalue weighted by atomic mass is 16.3. The number of hydrogen-bond donors (Lipinski definition) is 0. The Morgan fingerprint density at radius 2 is 2.07 bits per heavy atom. The Bertz CT molecular complexity index is 917. The molecule has 146 valence electrons. The van der Waals surface area contributed by atoms with Crippen molar-refractivity contribution >= 4 is 5.91 Å². The Balaban J connectivity index is 1.39. The average Bonchev–Trinajstić information content (AvgIpc) is 3.41. The standard InChI is InChI=1S/C21H25N5O2/c1-3-24-9-8-23-20(24)14-25-10-11-26(13-16(25)2)21(27)18-6-4-17(5-7-18)19-12-22-15-28-19/h4-9,12,15-16H,3,10-11,13-14H2,1-2H3. The predicted molar refractivity (Wildman–Crippen MR) is 106 cm³/mol. The van der Waals surface area contributed by atoms with Crippen LogP contribution in [0.5, 0.6) is 0 Å². The van der Waals surface area contributed by atoms with Gasteiger partial charge in [-0.3, -0.25) is 9.69 Å². The highest BCUT2D eigenvalue weighted by Gasteiger charge is 2.28. The lowest BCUT2D eigenvalue weighted by Crippen LogP contribution is -2.53. The summed E-state index contributed by atoms with van der Waals surface area (Å²) in [4.78, 5) is 25.7. The van der Waals surface area contributed by atoms with E-state index in [2.05, 4.69) is 33.3 Å². The number of piperazine rings is 1. The normalized spacial score (nSPS) is 17.8. The van der Waals surface area contributed by atoms with Gasteiger partial charge in [0.1, 0.15) is 5.82 Å². The zero-order valence-electron chi connectivity index (χ0n) is 16.3. The van der Waals surface area contributed by atoms with E-state index >= 15 is 0 Å². The van der Waals surface area contributed by atoms with Gasteiger partial charge in [0.15, 0.2) is 12.2 Å². The molecule has 7 heteroatoms. The Morgan fingerprint density at radius 1 is 1.25 bits per heavy atom. The molecule has 1 aliphatic heterocycles. The molecule has 1 aromatic carbocycles. The maximum Gasteiger partial charge on any atom is 0.253 e. The Kier molecular flexibility index (Phi) is 5.25. The predicted octanol–water partition coefficient (Wildman–Crippen LogP) is 2.90. The highest BCUT2D eigenvalue weighted by Crippen LogP contribution is 2.21. The summed E-state index contributed by atoms with van der Waals surface area (Å²) in [6.07, 6.45) is 6.94. The number of aryl methyl sites for hydroxylation is 1. The molecule has 28 heavy (non-hydrogen) atoms. The molecule has 1 amide bonds. The molecule has 1 saturated heterocycles. The fraction of sp³-hybridized carbons (Fsp3) is 0.381. The van der Waals surface area contributed by atoms with Crippen molar-refractivity contribution in [3.8, 4) is 11.3 Å². The molecule has 0 bridgehead atoms. The van der Waals surface area contributed by atoms with Gasteiger partial charge >= 0.3 is 0 Å². The minimum atomic E-state index is 0.0747. The van der Waals surface area contributed by atoms with Gasteiger partial charge in [-0.2, -0.15) is 0 Å². The van der Waals surface area contributed by atoms with Gasteiger partial charge in [-0.15, -0.1) is 0 Å². The molecule has 0 radical (unpaired) electrons. The van der Waals surface area contributed by atoms with E-state index in [-0.39, 0.29) is 11.9 Å². The van der Waals surface area contributed by atoms with Gasteiger partial charge in [-0.05, 0) is 26.0 Å². The van der Waals surface area contributed by atoms with Gasteiger partial charge in [-0.25, -0.2) is 9.97 Å². The third kappa shape index (κ3) is 3.71. The molecule has 2 aromatic heterocycles. The molecule has 7 nitrogen and oxygen atoms in total. The van der Waals surface area contributed by atoms with Crippen LogP contribution >= 0.6 is 0 Å². The van der Waals surface area contributed by atoms with Gasteiger partial charge < -0.3 is 13.9 Å². The van der Waals surface area contributed by atoms with Crippen LogP contribution in [0.3, 0.4) is 0 Å². The topological polar surface area (TPSA) is 67.4 Å². The van der Waals surface area contributed by atoms with Crippen molar-refractivity contribution in [1.82, 2.24) is 24.3 Å². The van der Waals surface area contributed by atoms with Crippen LogP contribution in [-0.2, 0) is 13.1 Å².